The first-order chi connectivity index (χ1) is 15.4. The lowest BCUT2D eigenvalue weighted by Gasteiger charge is -2.36. The van der Waals surface area contributed by atoms with Gasteiger partial charge in [0.25, 0.3) is 0 Å². The molecule has 32 heavy (non-hydrogen) atoms. The molecule has 0 amide bonds. The molecule has 1 N–H and O–H groups in total. The van der Waals surface area contributed by atoms with Gasteiger partial charge in [-0.2, -0.15) is 0 Å². The quantitative estimate of drug-likeness (QED) is 0.480. The number of aryl methyl sites for hydroxylation is 1. The largest absolute Gasteiger partial charge is 0.573 e. The molecule has 0 atom stereocenters. The Morgan fingerprint density at radius 3 is 2.38 bits per heavy atom. The van der Waals surface area contributed by atoms with Gasteiger partial charge in [0.05, 0.1) is 21.0 Å². The van der Waals surface area contributed by atoms with Gasteiger partial charge < -0.3 is 19.5 Å². The van der Waals surface area contributed by atoms with Gasteiger partial charge in [0.2, 0.25) is 0 Å². The number of anilines is 2. The summed E-state index contributed by atoms with van der Waals surface area (Å²) in [5.41, 5.74) is 2.60. The molecule has 4 heterocycles. The van der Waals surface area contributed by atoms with Crippen LogP contribution in [0.3, 0.4) is 0 Å². The molecule has 1 aliphatic heterocycles. The zero-order valence-electron chi connectivity index (χ0n) is 17.1. The number of H-pyrrole nitrogens is 1. The molecule has 0 bridgehead atoms. The number of benzene rings is 1. The number of halogens is 3. The van der Waals surface area contributed by atoms with Crippen LogP contribution in [-0.2, 0) is 0 Å². The van der Waals surface area contributed by atoms with Gasteiger partial charge in [-0.05, 0) is 37.3 Å². The average molecular weight is 460 g/mol. The van der Waals surface area contributed by atoms with Gasteiger partial charge in [-0.25, -0.2) is 15.0 Å². The molecule has 3 aromatic heterocycles. The number of aromatic nitrogens is 4. The second kappa shape index (κ2) is 7.97. The fraction of sp³-hybridized carbons (Fsp3) is 0.286. The smallest absolute Gasteiger partial charge is 0.406 e. The Morgan fingerprint density at radius 1 is 1.00 bits per heavy atom. The predicted octanol–water partition coefficient (Wildman–Crippen LogP) is 4.62. The van der Waals surface area contributed by atoms with Crippen LogP contribution >= 0.6 is 11.3 Å². The van der Waals surface area contributed by atoms with Crippen LogP contribution in [-0.4, -0.2) is 52.5 Å². The Morgan fingerprint density at radius 2 is 1.72 bits per heavy atom. The third-order valence-electron chi connectivity index (χ3n) is 5.31. The third-order valence-corrected chi connectivity index (χ3v) is 6.25. The van der Waals surface area contributed by atoms with Gasteiger partial charge in [0, 0.05) is 38.1 Å². The normalized spacial score (nSPS) is 14.9. The third kappa shape index (κ3) is 4.20. The van der Waals surface area contributed by atoms with Crippen LogP contribution in [0.2, 0.25) is 0 Å². The van der Waals surface area contributed by atoms with Crippen LogP contribution in [0, 0.1) is 6.92 Å². The van der Waals surface area contributed by atoms with Crippen LogP contribution in [0.4, 0.5) is 24.7 Å². The summed E-state index contributed by atoms with van der Waals surface area (Å²) in [6, 6.07) is 8.03. The Hall–Kier alpha value is -3.34. The highest BCUT2D eigenvalue weighted by atomic mass is 32.1. The number of thiazole rings is 1. The summed E-state index contributed by atoms with van der Waals surface area (Å²) in [4.78, 5) is 22.0. The SMILES string of the molecule is Cc1ncc(-c2cc3c(N4CCN(c5ccc(OC(F)(F)F)cc5)CC4)ncnc3[nH]2)s1. The number of rotatable bonds is 4. The molecule has 1 saturated heterocycles. The van der Waals surface area contributed by atoms with Crippen molar-refractivity contribution in [1.82, 2.24) is 19.9 Å². The van der Waals surface area contributed by atoms with Crippen molar-refractivity contribution in [2.75, 3.05) is 36.0 Å². The summed E-state index contributed by atoms with van der Waals surface area (Å²) in [6.45, 7) is 4.87. The summed E-state index contributed by atoms with van der Waals surface area (Å²) in [6.07, 6.45) is -1.28. The first-order valence-electron chi connectivity index (χ1n) is 9.98. The monoisotopic (exact) mass is 460 g/mol. The standard InChI is InChI=1S/C21H19F3N6OS/c1-13-25-11-18(32-13)17-10-16-19(28-17)26-12-27-20(16)30-8-6-29(7-9-30)14-2-4-15(5-3-14)31-21(22,23)24/h2-5,10-12H,6-9H2,1H3,(H,26,27,28). The molecule has 1 aromatic carbocycles. The van der Waals surface area contributed by atoms with Gasteiger partial charge >= 0.3 is 6.36 Å². The van der Waals surface area contributed by atoms with Crippen molar-refractivity contribution in [2.45, 2.75) is 13.3 Å². The predicted molar refractivity (Wildman–Crippen MR) is 117 cm³/mol. The molecule has 7 nitrogen and oxygen atoms in total. The zero-order valence-corrected chi connectivity index (χ0v) is 17.9. The number of fused-ring (bicyclic) bond motifs is 1. The molecule has 11 heteroatoms. The first-order valence-corrected chi connectivity index (χ1v) is 10.8. The number of hydrogen-bond donors (Lipinski definition) is 1. The zero-order chi connectivity index (χ0) is 22.3. The second-order valence-corrected chi connectivity index (χ2v) is 8.64. The van der Waals surface area contributed by atoms with Crippen molar-refractivity contribution in [3.63, 3.8) is 0 Å². The van der Waals surface area contributed by atoms with E-state index in [1.54, 1.807) is 29.8 Å². The number of piperazine rings is 1. The van der Waals surface area contributed by atoms with Gasteiger partial charge in [0.1, 0.15) is 23.5 Å². The van der Waals surface area contributed by atoms with E-state index in [4.69, 9.17) is 0 Å². The van der Waals surface area contributed by atoms with E-state index in [1.807, 2.05) is 13.1 Å². The lowest BCUT2D eigenvalue weighted by molar-refractivity contribution is -0.274. The second-order valence-electron chi connectivity index (χ2n) is 7.40. The van der Waals surface area contributed by atoms with Gasteiger partial charge in [-0.3, -0.25) is 0 Å². The highest BCUT2D eigenvalue weighted by molar-refractivity contribution is 7.15. The Bertz CT molecular complexity index is 1230. The van der Waals surface area contributed by atoms with E-state index in [0.717, 1.165) is 64.3 Å². The molecule has 166 valence electrons. The topological polar surface area (TPSA) is 70.2 Å². The van der Waals surface area contributed by atoms with E-state index in [2.05, 4.69) is 40.5 Å². The summed E-state index contributed by atoms with van der Waals surface area (Å²) in [5, 5.41) is 1.95. The minimum Gasteiger partial charge on any atom is -0.406 e. The van der Waals surface area contributed by atoms with E-state index in [1.165, 1.54) is 12.1 Å². The van der Waals surface area contributed by atoms with Crippen molar-refractivity contribution >= 4 is 33.9 Å². The number of aromatic amines is 1. The van der Waals surface area contributed by atoms with E-state index in [-0.39, 0.29) is 5.75 Å². The highest BCUT2D eigenvalue weighted by Crippen LogP contribution is 2.32. The molecule has 0 radical (unpaired) electrons. The summed E-state index contributed by atoms with van der Waals surface area (Å²) >= 11 is 1.62. The summed E-state index contributed by atoms with van der Waals surface area (Å²) in [7, 11) is 0. The molecule has 0 unspecified atom stereocenters. The van der Waals surface area contributed by atoms with E-state index in [9.17, 15) is 13.2 Å². The molecule has 1 fully saturated rings. The molecule has 0 spiro atoms. The summed E-state index contributed by atoms with van der Waals surface area (Å²) < 4.78 is 41.0. The molecular weight excluding hydrogens is 441 g/mol. The maximum absolute atomic E-state index is 12.4. The van der Waals surface area contributed by atoms with E-state index < -0.39 is 6.36 Å². The molecule has 0 aliphatic carbocycles. The molecule has 5 rings (SSSR count). The van der Waals surface area contributed by atoms with Crippen LogP contribution in [0.1, 0.15) is 5.01 Å². The van der Waals surface area contributed by atoms with Crippen molar-refractivity contribution in [3.05, 3.63) is 47.9 Å². The first kappa shape index (κ1) is 20.6. The lowest BCUT2D eigenvalue weighted by Crippen LogP contribution is -2.46. The number of nitrogens with one attached hydrogen (secondary N) is 1. The van der Waals surface area contributed by atoms with Gasteiger partial charge in [-0.15, -0.1) is 24.5 Å². The van der Waals surface area contributed by atoms with Crippen molar-refractivity contribution < 1.29 is 17.9 Å². The molecular formula is C21H19F3N6OS. The number of ether oxygens (including phenoxy) is 1. The molecule has 1 aliphatic rings. The fourth-order valence-electron chi connectivity index (χ4n) is 3.83. The van der Waals surface area contributed by atoms with E-state index >= 15 is 0 Å². The Kier molecular flexibility index (Phi) is 5.12. The minimum atomic E-state index is -4.69. The van der Waals surface area contributed by atoms with E-state index in [0.29, 0.717) is 0 Å². The number of nitrogens with zero attached hydrogens (tertiary/aromatic N) is 5. The van der Waals surface area contributed by atoms with Crippen LogP contribution in [0.15, 0.2) is 42.9 Å². The summed E-state index contributed by atoms with van der Waals surface area (Å²) in [5.74, 6) is 0.648. The Labute approximate surface area is 185 Å². The van der Waals surface area contributed by atoms with Crippen molar-refractivity contribution in [1.29, 1.82) is 0 Å². The Balaban J connectivity index is 1.30. The fourth-order valence-corrected chi connectivity index (χ4v) is 4.58. The van der Waals surface area contributed by atoms with Crippen LogP contribution in [0.25, 0.3) is 21.6 Å². The maximum Gasteiger partial charge on any atom is 0.573 e. The maximum atomic E-state index is 12.4. The molecule has 0 saturated carbocycles. The van der Waals surface area contributed by atoms with Gasteiger partial charge in [0.15, 0.2) is 0 Å². The van der Waals surface area contributed by atoms with Crippen molar-refractivity contribution in [2.24, 2.45) is 0 Å². The highest BCUT2D eigenvalue weighted by Gasteiger charge is 2.31. The average Bonchev–Trinajstić information content (AvgIpc) is 3.39. The number of alkyl halides is 3. The van der Waals surface area contributed by atoms with Crippen LogP contribution < -0.4 is 14.5 Å². The van der Waals surface area contributed by atoms with Crippen molar-refractivity contribution in [3.8, 4) is 16.3 Å². The van der Waals surface area contributed by atoms with Crippen LogP contribution in [0.5, 0.6) is 5.75 Å². The lowest BCUT2D eigenvalue weighted by atomic mass is 10.2. The molecule has 4 aromatic rings. The minimum absolute atomic E-state index is 0.220. The van der Waals surface area contributed by atoms with Gasteiger partial charge in [-0.1, -0.05) is 0 Å². The number of hydrogen-bond acceptors (Lipinski definition) is 7.